The zero-order valence-electron chi connectivity index (χ0n) is 11.2. The topological polar surface area (TPSA) is 32.3 Å². The van der Waals surface area contributed by atoms with E-state index in [1.165, 1.54) is 24.0 Å². The fourth-order valence-electron chi connectivity index (χ4n) is 2.53. The Morgan fingerprint density at radius 1 is 1.21 bits per heavy atom. The molecule has 1 aromatic rings. The van der Waals surface area contributed by atoms with Gasteiger partial charge in [0, 0.05) is 12.6 Å². The zero-order chi connectivity index (χ0) is 13.8. The molecule has 1 aliphatic rings. The Kier molecular flexibility index (Phi) is 4.88. The van der Waals surface area contributed by atoms with Crippen molar-refractivity contribution < 1.29 is 13.9 Å². The molecule has 1 aliphatic carbocycles. The number of nitrogens with one attached hydrogen (secondary N) is 1. The van der Waals surface area contributed by atoms with Crippen molar-refractivity contribution in [2.45, 2.75) is 51.2 Å². The Bertz CT molecular complexity index is 423. The smallest absolute Gasteiger partial charge is 0.265 e. The summed E-state index contributed by atoms with van der Waals surface area (Å²) in [7, 11) is 0. The van der Waals surface area contributed by atoms with E-state index in [0.717, 1.165) is 18.4 Å². The lowest BCUT2D eigenvalue weighted by atomic mass is 9.89. The average molecular weight is 269 g/mol. The third-order valence-corrected chi connectivity index (χ3v) is 3.80. The minimum atomic E-state index is -2.69. The van der Waals surface area contributed by atoms with Crippen molar-refractivity contribution in [3.8, 4) is 0 Å². The highest BCUT2D eigenvalue weighted by Crippen LogP contribution is 2.24. The predicted molar refractivity (Wildman–Crippen MR) is 71.5 cm³/mol. The number of aliphatic hydroxyl groups excluding tert-OH is 1. The first kappa shape index (κ1) is 14.4. The molecule has 1 aromatic carbocycles. The molecule has 0 fully saturated rings. The molecule has 2 N–H and O–H groups in total. The molecule has 4 heteroatoms. The highest BCUT2D eigenvalue weighted by atomic mass is 19.3. The van der Waals surface area contributed by atoms with Gasteiger partial charge in [0.1, 0.15) is 6.10 Å². The van der Waals surface area contributed by atoms with Crippen LogP contribution in [0.5, 0.6) is 0 Å². The fraction of sp³-hybridized carbons (Fsp3) is 0.600. The van der Waals surface area contributed by atoms with Gasteiger partial charge in [0.05, 0.1) is 0 Å². The molecule has 0 saturated heterocycles. The van der Waals surface area contributed by atoms with Crippen molar-refractivity contribution >= 4 is 0 Å². The zero-order valence-corrected chi connectivity index (χ0v) is 11.2. The van der Waals surface area contributed by atoms with Gasteiger partial charge in [0.15, 0.2) is 0 Å². The van der Waals surface area contributed by atoms with Gasteiger partial charge >= 0.3 is 0 Å². The van der Waals surface area contributed by atoms with Crippen molar-refractivity contribution in [1.29, 1.82) is 0 Å². The minimum Gasteiger partial charge on any atom is -0.386 e. The molecule has 0 amide bonds. The van der Waals surface area contributed by atoms with Crippen LogP contribution in [0, 0.1) is 0 Å². The number of hydrogen-bond donors (Lipinski definition) is 2. The van der Waals surface area contributed by atoms with E-state index in [0.29, 0.717) is 0 Å². The molecule has 0 aromatic heterocycles. The summed E-state index contributed by atoms with van der Waals surface area (Å²) in [4.78, 5) is 0. The number of rotatable bonds is 5. The molecule has 19 heavy (non-hydrogen) atoms. The van der Waals surface area contributed by atoms with Crippen LogP contribution in [0.2, 0.25) is 0 Å². The Hall–Kier alpha value is -1.00. The second kappa shape index (κ2) is 6.44. The minimum absolute atomic E-state index is 0.0272. The second-order valence-corrected chi connectivity index (χ2v) is 5.27. The Balaban J connectivity index is 1.97. The standard InChI is InChI=1S/C15H21F2NO/c1-10(18-9-14(19)15(16)17)12-7-6-11-4-2-3-5-13(11)8-12/h6-8,10,14-15,18-19H,2-5,9H2,1H3. The summed E-state index contributed by atoms with van der Waals surface area (Å²) in [5.41, 5.74) is 3.89. The van der Waals surface area contributed by atoms with E-state index in [-0.39, 0.29) is 12.6 Å². The summed E-state index contributed by atoms with van der Waals surface area (Å²) >= 11 is 0. The summed E-state index contributed by atoms with van der Waals surface area (Å²) in [5.74, 6) is 0. The molecular weight excluding hydrogens is 248 g/mol. The molecule has 106 valence electrons. The van der Waals surface area contributed by atoms with E-state index >= 15 is 0 Å². The molecule has 0 radical (unpaired) electrons. The number of halogens is 2. The number of benzene rings is 1. The van der Waals surface area contributed by atoms with Crippen molar-refractivity contribution in [1.82, 2.24) is 5.32 Å². The van der Waals surface area contributed by atoms with Gasteiger partial charge in [-0.15, -0.1) is 0 Å². The van der Waals surface area contributed by atoms with Gasteiger partial charge in [-0.25, -0.2) is 8.78 Å². The number of aliphatic hydroxyl groups is 1. The van der Waals surface area contributed by atoms with Crippen LogP contribution >= 0.6 is 0 Å². The van der Waals surface area contributed by atoms with Gasteiger partial charge < -0.3 is 10.4 Å². The molecule has 2 nitrogen and oxygen atoms in total. The largest absolute Gasteiger partial charge is 0.386 e. The van der Waals surface area contributed by atoms with Crippen LogP contribution in [0.3, 0.4) is 0 Å². The van der Waals surface area contributed by atoms with Gasteiger partial charge in [0.25, 0.3) is 6.43 Å². The van der Waals surface area contributed by atoms with Crippen molar-refractivity contribution in [3.05, 3.63) is 34.9 Å². The second-order valence-electron chi connectivity index (χ2n) is 5.27. The summed E-state index contributed by atoms with van der Waals surface area (Å²) in [5, 5.41) is 12.1. The van der Waals surface area contributed by atoms with Crippen LogP contribution in [-0.4, -0.2) is 24.2 Å². The van der Waals surface area contributed by atoms with E-state index in [2.05, 4.69) is 23.5 Å². The highest BCUT2D eigenvalue weighted by molar-refractivity contribution is 5.35. The Morgan fingerprint density at radius 3 is 2.58 bits per heavy atom. The van der Waals surface area contributed by atoms with E-state index in [9.17, 15) is 8.78 Å². The quantitative estimate of drug-likeness (QED) is 0.861. The van der Waals surface area contributed by atoms with Crippen LogP contribution in [-0.2, 0) is 12.8 Å². The molecule has 2 unspecified atom stereocenters. The van der Waals surface area contributed by atoms with Gasteiger partial charge in [0.2, 0.25) is 0 Å². The first-order valence-corrected chi connectivity index (χ1v) is 6.89. The predicted octanol–water partition coefficient (Wildman–Crippen LogP) is 2.84. The van der Waals surface area contributed by atoms with Gasteiger partial charge in [-0.2, -0.15) is 0 Å². The normalized spacial score (nSPS) is 18.2. The van der Waals surface area contributed by atoms with Crippen LogP contribution in [0.4, 0.5) is 8.78 Å². The molecule has 0 aliphatic heterocycles. The maximum atomic E-state index is 12.2. The van der Waals surface area contributed by atoms with Crippen molar-refractivity contribution in [2.75, 3.05) is 6.54 Å². The van der Waals surface area contributed by atoms with Crippen LogP contribution in [0.15, 0.2) is 18.2 Å². The average Bonchev–Trinajstić information content (AvgIpc) is 2.43. The molecule has 0 heterocycles. The Morgan fingerprint density at radius 2 is 1.89 bits per heavy atom. The van der Waals surface area contributed by atoms with Gasteiger partial charge in [-0.3, -0.25) is 0 Å². The monoisotopic (exact) mass is 269 g/mol. The van der Waals surface area contributed by atoms with E-state index in [4.69, 9.17) is 5.11 Å². The molecule has 0 bridgehead atoms. The highest BCUT2D eigenvalue weighted by Gasteiger charge is 2.18. The van der Waals surface area contributed by atoms with Crippen molar-refractivity contribution in [3.63, 3.8) is 0 Å². The first-order valence-electron chi connectivity index (χ1n) is 6.89. The number of alkyl halides is 2. The van der Waals surface area contributed by atoms with Crippen molar-refractivity contribution in [2.24, 2.45) is 0 Å². The number of aryl methyl sites for hydroxylation is 2. The maximum absolute atomic E-state index is 12.2. The molecule has 0 saturated carbocycles. The molecular formula is C15H21F2NO. The van der Waals surface area contributed by atoms with E-state index in [1.54, 1.807) is 0 Å². The molecule has 2 rings (SSSR count). The van der Waals surface area contributed by atoms with E-state index < -0.39 is 12.5 Å². The SMILES string of the molecule is CC(NCC(O)C(F)F)c1ccc2c(c1)CCCC2. The summed E-state index contributed by atoms with van der Waals surface area (Å²) < 4.78 is 24.4. The maximum Gasteiger partial charge on any atom is 0.265 e. The first-order chi connectivity index (χ1) is 9.08. The molecule has 2 atom stereocenters. The lowest BCUT2D eigenvalue weighted by Gasteiger charge is -2.21. The number of hydrogen-bond acceptors (Lipinski definition) is 2. The van der Waals surface area contributed by atoms with Gasteiger partial charge in [-0.05, 0) is 49.3 Å². The third-order valence-electron chi connectivity index (χ3n) is 3.80. The lowest BCUT2D eigenvalue weighted by molar-refractivity contribution is -0.00439. The van der Waals surface area contributed by atoms with Crippen LogP contribution < -0.4 is 5.32 Å². The third kappa shape index (κ3) is 3.74. The lowest BCUT2D eigenvalue weighted by Crippen LogP contribution is -2.33. The summed E-state index contributed by atoms with van der Waals surface area (Å²) in [6, 6.07) is 6.34. The van der Waals surface area contributed by atoms with E-state index in [1.807, 2.05) is 6.92 Å². The van der Waals surface area contributed by atoms with Crippen LogP contribution in [0.1, 0.15) is 42.5 Å². The summed E-state index contributed by atoms with van der Waals surface area (Å²) in [6.45, 7) is 1.85. The van der Waals surface area contributed by atoms with Crippen LogP contribution in [0.25, 0.3) is 0 Å². The molecule has 0 spiro atoms. The fourth-order valence-corrected chi connectivity index (χ4v) is 2.53. The Labute approximate surface area is 112 Å². The summed E-state index contributed by atoms with van der Waals surface area (Å²) in [6.07, 6.45) is 0.434. The number of fused-ring (bicyclic) bond motifs is 1. The van der Waals surface area contributed by atoms with Gasteiger partial charge in [-0.1, -0.05) is 18.2 Å².